The van der Waals surface area contributed by atoms with Crippen molar-refractivity contribution in [2.75, 3.05) is 0 Å². The van der Waals surface area contributed by atoms with Crippen LogP contribution in [0, 0.1) is 6.92 Å². The van der Waals surface area contributed by atoms with Gasteiger partial charge in [-0.05, 0) is 31.5 Å². The van der Waals surface area contributed by atoms with Crippen LogP contribution in [0.5, 0.6) is 0 Å². The van der Waals surface area contributed by atoms with Gasteiger partial charge in [-0.3, -0.25) is 4.68 Å². The molecule has 0 aliphatic carbocycles. The fourth-order valence-electron chi connectivity index (χ4n) is 2.05. The molecule has 5 heteroatoms. The summed E-state index contributed by atoms with van der Waals surface area (Å²) in [6.07, 6.45) is 2.85. The van der Waals surface area contributed by atoms with Gasteiger partial charge in [0.05, 0.1) is 11.3 Å². The number of hydrogen-bond donors (Lipinski definition) is 1. The Kier molecular flexibility index (Phi) is 3.90. The van der Waals surface area contributed by atoms with E-state index in [1.54, 1.807) is 12.1 Å². The van der Waals surface area contributed by atoms with Crippen LogP contribution in [0.1, 0.15) is 29.4 Å². The van der Waals surface area contributed by atoms with Crippen molar-refractivity contribution in [1.29, 1.82) is 0 Å². The average Bonchev–Trinajstić information content (AvgIpc) is 2.70. The van der Waals surface area contributed by atoms with E-state index in [2.05, 4.69) is 12.0 Å². The molecule has 4 nitrogen and oxygen atoms in total. The number of aryl methyl sites for hydroxylation is 2. The Morgan fingerprint density at radius 2 is 2.16 bits per heavy atom. The van der Waals surface area contributed by atoms with Crippen LogP contribution in [-0.2, 0) is 6.54 Å². The van der Waals surface area contributed by atoms with Gasteiger partial charge in [0, 0.05) is 28.9 Å². The third-order valence-electron chi connectivity index (χ3n) is 2.90. The number of benzene rings is 1. The molecule has 0 amide bonds. The maximum atomic E-state index is 11.3. The minimum atomic E-state index is -0.964. The van der Waals surface area contributed by atoms with Gasteiger partial charge in [-0.15, -0.1) is 0 Å². The lowest BCUT2D eigenvalue weighted by atomic mass is 10.0. The van der Waals surface area contributed by atoms with Crippen molar-refractivity contribution >= 4 is 17.6 Å². The average molecular weight is 279 g/mol. The van der Waals surface area contributed by atoms with Gasteiger partial charge in [0.25, 0.3) is 0 Å². The third-order valence-corrected chi connectivity index (χ3v) is 3.14. The van der Waals surface area contributed by atoms with E-state index in [4.69, 9.17) is 11.6 Å². The highest BCUT2D eigenvalue weighted by Gasteiger charge is 2.16. The van der Waals surface area contributed by atoms with Crippen LogP contribution in [0.2, 0.25) is 5.02 Å². The van der Waals surface area contributed by atoms with Crippen molar-refractivity contribution < 1.29 is 9.90 Å². The van der Waals surface area contributed by atoms with E-state index >= 15 is 0 Å². The van der Waals surface area contributed by atoms with Crippen molar-refractivity contribution in [1.82, 2.24) is 9.78 Å². The first-order valence-electron chi connectivity index (χ1n) is 6.10. The molecular weight excluding hydrogens is 264 g/mol. The summed E-state index contributed by atoms with van der Waals surface area (Å²) in [6, 6.07) is 4.78. The zero-order valence-electron chi connectivity index (χ0n) is 10.9. The van der Waals surface area contributed by atoms with Gasteiger partial charge in [0.2, 0.25) is 0 Å². The molecule has 1 aromatic heterocycles. The van der Waals surface area contributed by atoms with Gasteiger partial charge < -0.3 is 5.11 Å². The van der Waals surface area contributed by atoms with Gasteiger partial charge in [-0.1, -0.05) is 18.5 Å². The van der Waals surface area contributed by atoms with E-state index in [1.807, 2.05) is 17.8 Å². The molecular formula is C14H15ClN2O2. The van der Waals surface area contributed by atoms with Crippen molar-refractivity contribution in [3.63, 3.8) is 0 Å². The Hall–Kier alpha value is -1.81. The molecule has 1 heterocycles. The summed E-state index contributed by atoms with van der Waals surface area (Å²) in [5.41, 5.74) is 2.47. The first-order chi connectivity index (χ1) is 9.02. The van der Waals surface area contributed by atoms with Crippen LogP contribution in [0.25, 0.3) is 11.1 Å². The van der Waals surface area contributed by atoms with Crippen LogP contribution < -0.4 is 0 Å². The van der Waals surface area contributed by atoms with Crippen LogP contribution in [0.15, 0.2) is 24.4 Å². The second kappa shape index (κ2) is 5.45. The molecule has 2 aromatic rings. The molecule has 0 spiro atoms. The number of rotatable bonds is 4. The Morgan fingerprint density at radius 3 is 2.79 bits per heavy atom. The van der Waals surface area contributed by atoms with Gasteiger partial charge in [-0.25, -0.2) is 4.79 Å². The first kappa shape index (κ1) is 13.6. The molecule has 0 aliphatic heterocycles. The second-order valence-corrected chi connectivity index (χ2v) is 4.82. The van der Waals surface area contributed by atoms with Crippen molar-refractivity contribution in [2.24, 2.45) is 0 Å². The maximum Gasteiger partial charge on any atom is 0.336 e. The fraction of sp³-hybridized carbons (Fsp3) is 0.286. The molecule has 0 atom stereocenters. The van der Waals surface area contributed by atoms with Crippen LogP contribution >= 0.6 is 11.6 Å². The molecule has 1 aromatic carbocycles. The Morgan fingerprint density at radius 1 is 1.42 bits per heavy atom. The fourth-order valence-corrected chi connectivity index (χ4v) is 2.22. The van der Waals surface area contributed by atoms with Gasteiger partial charge in [0.15, 0.2) is 0 Å². The second-order valence-electron chi connectivity index (χ2n) is 4.39. The highest BCUT2D eigenvalue weighted by Crippen LogP contribution is 2.29. The van der Waals surface area contributed by atoms with Gasteiger partial charge in [-0.2, -0.15) is 5.10 Å². The molecule has 0 saturated carbocycles. The molecule has 1 N–H and O–H groups in total. The Labute approximate surface area is 116 Å². The number of aromatic carboxylic acids is 1. The Bertz CT molecular complexity index is 620. The lowest BCUT2D eigenvalue weighted by molar-refractivity contribution is 0.0698. The van der Waals surface area contributed by atoms with E-state index in [0.29, 0.717) is 10.6 Å². The summed E-state index contributed by atoms with van der Waals surface area (Å²) < 4.78 is 1.83. The smallest absolute Gasteiger partial charge is 0.336 e. The largest absolute Gasteiger partial charge is 0.478 e. The Balaban J connectivity index is 2.57. The lowest BCUT2D eigenvalue weighted by Gasteiger charge is -2.05. The predicted molar refractivity (Wildman–Crippen MR) is 74.7 cm³/mol. The number of nitrogens with zero attached hydrogens (tertiary/aromatic N) is 2. The molecule has 100 valence electrons. The van der Waals surface area contributed by atoms with E-state index in [0.717, 1.165) is 24.2 Å². The molecule has 19 heavy (non-hydrogen) atoms. The zero-order chi connectivity index (χ0) is 14.0. The number of hydrogen-bond acceptors (Lipinski definition) is 2. The molecule has 0 bridgehead atoms. The summed E-state index contributed by atoms with van der Waals surface area (Å²) in [5, 5.41) is 14.2. The normalized spacial score (nSPS) is 10.7. The number of halogens is 1. The number of carboxylic acids is 1. The summed E-state index contributed by atoms with van der Waals surface area (Å²) in [5.74, 6) is -0.964. The number of aromatic nitrogens is 2. The molecule has 2 rings (SSSR count). The van der Waals surface area contributed by atoms with Crippen LogP contribution in [-0.4, -0.2) is 20.9 Å². The van der Waals surface area contributed by atoms with Crippen molar-refractivity contribution in [2.45, 2.75) is 26.8 Å². The summed E-state index contributed by atoms with van der Waals surface area (Å²) in [7, 11) is 0. The molecule has 0 unspecified atom stereocenters. The molecule has 0 fully saturated rings. The SMILES string of the molecule is CCCn1cc(-c2cc(Cl)ccc2C(=O)O)c(C)n1. The number of carboxylic acid groups (broad SMARTS) is 1. The summed E-state index contributed by atoms with van der Waals surface area (Å²) >= 11 is 5.97. The van der Waals surface area contributed by atoms with E-state index in [-0.39, 0.29) is 5.56 Å². The summed E-state index contributed by atoms with van der Waals surface area (Å²) in [6.45, 7) is 4.75. The van der Waals surface area contributed by atoms with Crippen molar-refractivity contribution in [3.05, 3.63) is 40.7 Å². The van der Waals surface area contributed by atoms with E-state index in [1.165, 1.54) is 6.07 Å². The van der Waals surface area contributed by atoms with E-state index < -0.39 is 5.97 Å². The van der Waals surface area contributed by atoms with Gasteiger partial charge >= 0.3 is 5.97 Å². The molecule has 0 radical (unpaired) electrons. The number of carbonyl (C=O) groups is 1. The topological polar surface area (TPSA) is 55.1 Å². The monoisotopic (exact) mass is 278 g/mol. The minimum absolute atomic E-state index is 0.239. The van der Waals surface area contributed by atoms with Crippen LogP contribution in [0.4, 0.5) is 0 Å². The highest BCUT2D eigenvalue weighted by molar-refractivity contribution is 6.31. The summed E-state index contributed by atoms with van der Waals surface area (Å²) in [4.78, 5) is 11.3. The quantitative estimate of drug-likeness (QED) is 0.929. The van der Waals surface area contributed by atoms with Crippen molar-refractivity contribution in [3.8, 4) is 11.1 Å². The lowest BCUT2D eigenvalue weighted by Crippen LogP contribution is -1.99. The maximum absolute atomic E-state index is 11.3. The third kappa shape index (κ3) is 2.79. The van der Waals surface area contributed by atoms with Gasteiger partial charge in [0.1, 0.15) is 0 Å². The minimum Gasteiger partial charge on any atom is -0.478 e. The van der Waals surface area contributed by atoms with Crippen LogP contribution in [0.3, 0.4) is 0 Å². The molecule has 0 aliphatic rings. The van der Waals surface area contributed by atoms with E-state index in [9.17, 15) is 9.90 Å². The predicted octanol–water partition coefficient (Wildman–Crippen LogP) is 3.62. The standard InChI is InChI=1S/C14H15ClN2O2/c1-3-6-17-8-13(9(2)16-17)12-7-10(15)4-5-11(12)14(18)19/h4-5,7-8H,3,6H2,1-2H3,(H,18,19). The first-order valence-corrected chi connectivity index (χ1v) is 6.48. The highest BCUT2D eigenvalue weighted by atomic mass is 35.5. The zero-order valence-corrected chi connectivity index (χ0v) is 11.6. The molecule has 0 saturated heterocycles.